The first-order valence-corrected chi connectivity index (χ1v) is 7.04. The second kappa shape index (κ2) is 4.56. The average molecular weight is 294 g/mol. The lowest BCUT2D eigenvalue weighted by Crippen LogP contribution is -2.19. The molecule has 0 aromatic carbocycles. The molecule has 0 unspecified atom stereocenters. The van der Waals surface area contributed by atoms with E-state index in [1.807, 2.05) is 23.6 Å². The van der Waals surface area contributed by atoms with Crippen molar-refractivity contribution in [3.05, 3.63) is 42.4 Å². The van der Waals surface area contributed by atoms with Crippen LogP contribution in [-0.2, 0) is 0 Å². The third-order valence-electron chi connectivity index (χ3n) is 2.19. The summed E-state index contributed by atoms with van der Waals surface area (Å²) < 4.78 is 1.81. The molecular weight excluding hydrogens is 288 g/mol. The van der Waals surface area contributed by atoms with Crippen LogP contribution in [0.25, 0.3) is 17.1 Å². The molecule has 0 aliphatic rings. The van der Waals surface area contributed by atoms with E-state index >= 15 is 0 Å². The first-order chi connectivity index (χ1) is 8.74. The molecule has 0 amide bonds. The Labute approximate surface area is 114 Å². The van der Waals surface area contributed by atoms with Crippen LogP contribution >= 0.6 is 34.9 Å². The molecule has 90 valence electrons. The molecule has 8 heteroatoms. The SMILES string of the molecule is O=c1c(C=Cc2cccs2)nnc2sc(=S)[nH]n12. The smallest absolute Gasteiger partial charge is 0.270 e. The molecule has 0 saturated heterocycles. The van der Waals surface area contributed by atoms with Gasteiger partial charge in [-0.1, -0.05) is 17.4 Å². The van der Waals surface area contributed by atoms with E-state index in [9.17, 15) is 4.79 Å². The second-order valence-corrected chi connectivity index (χ2v) is 5.98. The van der Waals surface area contributed by atoms with E-state index in [1.54, 1.807) is 17.4 Å². The van der Waals surface area contributed by atoms with Crippen molar-refractivity contribution in [3.63, 3.8) is 0 Å². The van der Waals surface area contributed by atoms with E-state index in [-0.39, 0.29) is 11.3 Å². The van der Waals surface area contributed by atoms with Crippen LogP contribution in [0.5, 0.6) is 0 Å². The molecule has 0 saturated carbocycles. The predicted molar refractivity (Wildman–Crippen MR) is 75.6 cm³/mol. The van der Waals surface area contributed by atoms with Crippen LogP contribution in [0.3, 0.4) is 0 Å². The molecule has 18 heavy (non-hydrogen) atoms. The van der Waals surface area contributed by atoms with E-state index in [0.717, 1.165) is 4.88 Å². The zero-order valence-electron chi connectivity index (χ0n) is 8.86. The van der Waals surface area contributed by atoms with Gasteiger partial charge in [0.1, 0.15) is 0 Å². The Balaban J connectivity index is 2.10. The monoisotopic (exact) mass is 294 g/mol. The van der Waals surface area contributed by atoms with Crippen molar-refractivity contribution in [2.24, 2.45) is 0 Å². The molecule has 0 bridgehead atoms. The van der Waals surface area contributed by atoms with Gasteiger partial charge >= 0.3 is 0 Å². The molecule has 0 radical (unpaired) electrons. The van der Waals surface area contributed by atoms with Crippen molar-refractivity contribution in [1.82, 2.24) is 19.8 Å². The van der Waals surface area contributed by atoms with E-state index in [2.05, 4.69) is 15.3 Å². The summed E-state index contributed by atoms with van der Waals surface area (Å²) in [6, 6.07) is 3.91. The Morgan fingerprint density at radius 1 is 1.39 bits per heavy atom. The Kier molecular flexibility index (Phi) is 2.90. The van der Waals surface area contributed by atoms with Crippen molar-refractivity contribution in [3.8, 4) is 0 Å². The zero-order valence-corrected chi connectivity index (χ0v) is 11.3. The quantitative estimate of drug-likeness (QED) is 0.737. The molecule has 3 heterocycles. The van der Waals surface area contributed by atoms with E-state index < -0.39 is 0 Å². The van der Waals surface area contributed by atoms with Gasteiger partial charge in [0.15, 0.2) is 9.65 Å². The molecule has 0 aliphatic carbocycles. The van der Waals surface area contributed by atoms with Crippen molar-refractivity contribution in [2.75, 3.05) is 0 Å². The van der Waals surface area contributed by atoms with E-state index in [4.69, 9.17) is 12.2 Å². The summed E-state index contributed by atoms with van der Waals surface area (Å²) in [4.78, 5) is 13.6. The Bertz CT molecular complexity index is 825. The first kappa shape index (κ1) is 11.5. The van der Waals surface area contributed by atoms with Crippen molar-refractivity contribution in [2.45, 2.75) is 0 Å². The highest BCUT2D eigenvalue weighted by molar-refractivity contribution is 7.73. The fourth-order valence-electron chi connectivity index (χ4n) is 1.40. The van der Waals surface area contributed by atoms with E-state index in [1.165, 1.54) is 15.9 Å². The number of hydrogen-bond donors (Lipinski definition) is 1. The van der Waals surface area contributed by atoms with E-state index in [0.29, 0.717) is 8.92 Å². The lowest BCUT2D eigenvalue weighted by atomic mass is 10.3. The summed E-state index contributed by atoms with van der Waals surface area (Å²) in [5.41, 5.74) is 0.0325. The number of aromatic amines is 1. The van der Waals surface area contributed by atoms with Gasteiger partial charge in [-0.15, -0.1) is 21.5 Å². The molecule has 0 aliphatic heterocycles. The Morgan fingerprint density at radius 2 is 2.28 bits per heavy atom. The summed E-state index contributed by atoms with van der Waals surface area (Å²) in [6.07, 6.45) is 3.49. The van der Waals surface area contributed by atoms with Crippen LogP contribution in [0.2, 0.25) is 0 Å². The Hall–Kier alpha value is -1.64. The minimum Gasteiger partial charge on any atom is -0.270 e. The second-order valence-electron chi connectivity index (χ2n) is 3.36. The third-order valence-corrected chi connectivity index (χ3v) is 4.09. The molecule has 0 fully saturated rings. The van der Waals surface area contributed by atoms with Gasteiger partial charge in [0.05, 0.1) is 0 Å². The van der Waals surface area contributed by atoms with Crippen LogP contribution < -0.4 is 5.56 Å². The number of nitrogens with zero attached hydrogens (tertiary/aromatic N) is 3. The molecule has 3 aromatic heterocycles. The third kappa shape index (κ3) is 2.05. The molecular formula is C10H6N4OS3. The number of H-pyrrole nitrogens is 1. The predicted octanol–water partition coefficient (Wildman–Crippen LogP) is 2.44. The summed E-state index contributed by atoms with van der Waals surface area (Å²) in [6.45, 7) is 0. The largest absolute Gasteiger partial charge is 0.299 e. The van der Waals surface area contributed by atoms with Gasteiger partial charge < -0.3 is 0 Å². The minimum absolute atomic E-state index is 0.250. The number of hydrogen-bond acceptors (Lipinski definition) is 6. The molecule has 5 nitrogen and oxygen atoms in total. The molecule has 1 N–H and O–H groups in total. The van der Waals surface area contributed by atoms with Crippen LogP contribution in [0.1, 0.15) is 10.6 Å². The summed E-state index contributed by atoms with van der Waals surface area (Å²) >= 11 is 7.77. The van der Waals surface area contributed by atoms with Crippen LogP contribution in [0.4, 0.5) is 0 Å². The van der Waals surface area contributed by atoms with Crippen LogP contribution in [-0.4, -0.2) is 19.8 Å². The maximum absolute atomic E-state index is 12.0. The first-order valence-electron chi connectivity index (χ1n) is 4.94. The van der Waals surface area contributed by atoms with Crippen molar-refractivity contribution < 1.29 is 0 Å². The van der Waals surface area contributed by atoms with Crippen LogP contribution in [0, 0.1) is 3.95 Å². The van der Waals surface area contributed by atoms with Gasteiger partial charge in [-0.3, -0.25) is 9.89 Å². The highest BCUT2D eigenvalue weighted by atomic mass is 32.1. The summed E-state index contributed by atoms with van der Waals surface area (Å²) in [5.74, 6) is 0. The summed E-state index contributed by atoms with van der Waals surface area (Å²) in [7, 11) is 0. The topological polar surface area (TPSA) is 63.0 Å². The maximum atomic E-state index is 12.0. The highest BCUT2D eigenvalue weighted by Crippen LogP contribution is 2.11. The number of fused-ring (bicyclic) bond motifs is 1. The van der Waals surface area contributed by atoms with Crippen molar-refractivity contribution in [1.29, 1.82) is 0 Å². The minimum atomic E-state index is -0.250. The number of thiophene rings is 1. The molecule has 0 spiro atoms. The fraction of sp³-hybridized carbons (Fsp3) is 0. The van der Waals surface area contributed by atoms with Crippen LogP contribution in [0.15, 0.2) is 22.3 Å². The molecule has 3 aromatic rings. The number of aromatic nitrogens is 4. The zero-order chi connectivity index (χ0) is 12.5. The molecule has 0 atom stereocenters. The van der Waals surface area contributed by atoms with Gasteiger partial charge in [-0.2, -0.15) is 4.52 Å². The number of nitrogens with one attached hydrogen (secondary N) is 1. The number of rotatable bonds is 2. The van der Waals surface area contributed by atoms with Gasteiger partial charge in [0, 0.05) is 4.88 Å². The lowest BCUT2D eigenvalue weighted by molar-refractivity contribution is 0.842. The van der Waals surface area contributed by atoms with Gasteiger partial charge in [0.25, 0.3) is 5.56 Å². The fourth-order valence-corrected chi connectivity index (χ4v) is 2.94. The van der Waals surface area contributed by atoms with Gasteiger partial charge in [-0.25, -0.2) is 0 Å². The standard InChI is InChI=1S/C10H6N4OS3/c15-8-7(4-3-6-2-1-5-17-6)11-12-9-14(8)13-10(16)18-9/h1-5H,(H,13,16). The normalized spacial score (nSPS) is 11.6. The average Bonchev–Trinajstić information content (AvgIpc) is 2.97. The summed E-state index contributed by atoms with van der Waals surface area (Å²) in [5, 5.41) is 12.6. The molecule has 3 rings (SSSR count). The highest BCUT2D eigenvalue weighted by Gasteiger charge is 2.05. The maximum Gasteiger partial charge on any atom is 0.299 e. The lowest BCUT2D eigenvalue weighted by Gasteiger charge is -1.92. The van der Waals surface area contributed by atoms with Gasteiger partial charge in [-0.05, 0) is 35.8 Å². The van der Waals surface area contributed by atoms with Gasteiger partial charge in [0.2, 0.25) is 4.96 Å². The Morgan fingerprint density at radius 3 is 3.06 bits per heavy atom. The van der Waals surface area contributed by atoms with Crippen molar-refractivity contribution >= 4 is 52.0 Å².